The molecule has 1 unspecified atom stereocenters. The highest BCUT2D eigenvalue weighted by atomic mass is 32.1. The van der Waals surface area contributed by atoms with Gasteiger partial charge in [0.25, 0.3) is 5.91 Å². The topological polar surface area (TPSA) is 134 Å². The molecule has 0 aliphatic carbocycles. The van der Waals surface area contributed by atoms with Crippen LogP contribution in [-0.4, -0.2) is 75.7 Å². The van der Waals surface area contributed by atoms with Crippen LogP contribution in [0.2, 0.25) is 0 Å². The number of carboxylic acids is 1. The molecule has 11 nitrogen and oxygen atoms in total. The first kappa shape index (κ1) is 29.8. The van der Waals surface area contributed by atoms with E-state index in [9.17, 15) is 27.9 Å². The van der Waals surface area contributed by atoms with Gasteiger partial charge in [-0.05, 0) is 23.1 Å². The number of rotatable bonds is 10. The number of benzene rings is 1. The number of ether oxygens (including phenoxy) is 1. The van der Waals surface area contributed by atoms with Gasteiger partial charge in [-0.1, -0.05) is 36.4 Å². The Morgan fingerprint density at radius 1 is 1.00 bits per heavy atom. The fourth-order valence-electron chi connectivity index (χ4n) is 4.30. The van der Waals surface area contributed by atoms with Crippen LogP contribution in [0.5, 0.6) is 0 Å². The van der Waals surface area contributed by atoms with Crippen molar-refractivity contribution in [1.82, 2.24) is 25.3 Å². The van der Waals surface area contributed by atoms with Crippen molar-refractivity contribution < 1.29 is 32.6 Å². The Hall–Kier alpha value is -4.63. The molecule has 3 aromatic heterocycles. The molecular formula is C28H26F3N7O4S. The van der Waals surface area contributed by atoms with Crippen molar-refractivity contribution in [2.45, 2.75) is 18.8 Å². The van der Waals surface area contributed by atoms with E-state index >= 15 is 0 Å². The van der Waals surface area contributed by atoms with Crippen LogP contribution in [0.25, 0.3) is 10.7 Å². The van der Waals surface area contributed by atoms with Gasteiger partial charge in [0.05, 0.1) is 18.1 Å². The zero-order chi connectivity index (χ0) is 30.4. The molecule has 43 heavy (non-hydrogen) atoms. The maximum atomic E-state index is 13.2. The molecule has 1 atom stereocenters. The summed E-state index contributed by atoms with van der Waals surface area (Å²) in [5, 5.41) is 14.0. The number of hydrogen-bond acceptors (Lipinski definition) is 10. The number of carboxylic acid groups (broad SMARTS) is 1. The summed E-state index contributed by atoms with van der Waals surface area (Å²) in [4.78, 5) is 46.0. The third-order valence-electron chi connectivity index (χ3n) is 6.51. The van der Waals surface area contributed by atoms with Gasteiger partial charge < -0.3 is 25.0 Å². The summed E-state index contributed by atoms with van der Waals surface area (Å²) in [6.07, 6.45) is -3.50. The molecule has 1 aliphatic rings. The number of nitrogens with one attached hydrogen (secondary N) is 1. The van der Waals surface area contributed by atoms with Gasteiger partial charge in [0.15, 0.2) is 11.9 Å². The van der Waals surface area contributed by atoms with E-state index in [-0.39, 0.29) is 30.7 Å². The molecule has 15 heteroatoms. The van der Waals surface area contributed by atoms with Crippen LogP contribution in [0.1, 0.15) is 21.7 Å². The number of thiophene rings is 1. The van der Waals surface area contributed by atoms with Crippen LogP contribution in [0, 0.1) is 0 Å². The fourth-order valence-corrected chi connectivity index (χ4v) is 4.96. The number of piperazine rings is 1. The first-order valence-corrected chi connectivity index (χ1v) is 14.0. The molecule has 1 fully saturated rings. The number of aliphatic carboxylic acids is 1. The number of alkyl halides is 3. The predicted octanol–water partition coefficient (Wildman–Crippen LogP) is 3.74. The van der Waals surface area contributed by atoms with Crippen LogP contribution in [0.3, 0.4) is 0 Å². The lowest BCUT2D eigenvalue weighted by atomic mass is 10.2. The lowest BCUT2D eigenvalue weighted by Crippen LogP contribution is -2.48. The van der Waals surface area contributed by atoms with Crippen LogP contribution < -0.4 is 15.1 Å². The van der Waals surface area contributed by atoms with Crippen molar-refractivity contribution in [3.63, 3.8) is 0 Å². The number of carbonyl (C=O) groups excluding carboxylic acids is 1. The van der Waals surface area contributed by atoms with E-state index in [1.807, 2.05) is 46.7 Å². The summed E-state index contributed by atoms with van der Waals surface area (Å²) in [6, 6.07) is 13.8. The average molecular weight is 614 g/mol. The first-order chi connectivity index (χ1) is 20.7. The highest BCUT2D eigenvalue weighted by Crippen LogP contribution is 2.29. The van der Waals surface area contributed by atoms with Gasteiger partial charge in [0.1, 0.15) is 17.2 Å². The summed E-state index contributed by atoms with van der Waals surface area (Å²) >= 11 is 1.37. The molecule has 5 rings (SSSR count). The molecule has 4 aromatic rings. The summed E-state index contributed by atoms with van der Waals surface area (Å²) in [6.45, 7) is 1.24. The Labute approximate surface area is 248 Å². The number of halogens is 3. The Kier molecular flexibility index (Phi) is 9.11. The zero-order valence-electron chi connectivity index (χ0n) is 22.6. The molecule has 1 saturated heterocycles. The molecule has 1 amide bonds. The maximum Gasteiger partial charge on any atom is 0.433 e. The van der Waals surface area contributed by atoms with E-state index in [0.717, 1.165) is 17.8 Å². The monoisotopic (exact) mass is 613 g/mol. The van der Waals surface area contributed by atoms with Crippen molar-refractivity contribution in [3.05, 3.63) is 83.1 Å². The van der Waals surface area contributed by atoms with E-state index in [1.54, 1.807) is 11.0 Å². The van der Waals surface area contributed by atoms with Crippen LogP contribution in [0.15, 0.2) is 66.2 Å². The minimum absolute atomic E-state index is 0.0225. The highest BCUT2D eigenvalue weighted by Gasteiger charge is 2.34. The summed E-state index contributed by atoms with van der Waals surface area (Å²) in [7, 11) is 0. The van der Waals surface area contributed by atoms with Crippen LogP contribution in [0.4, 0.5) is 24.9 Å². The van der Waals surface area contributed by atoms with Crippen molar-refractivity contribution in [2.24, 2.45) is 0 Å². The fraction of sp³-hybridized carbons (Fsp3) is 0.286. The quantitative estimate of drug-likeness (QED) is 0.273. The van der Waals surface area contributed by atoms with Gasteiger partial charge in [-0.15, -0.1) is 11.3 Å². The number of nitrogens with zero attached hydrogens (tertiary/aromatic N) is 6. The van der Waals surface area contributed by atoms with Gasteiger partial charge in [0.2, 0.25) is 5.95 Å². The minimum Gasteiger partial charge on any atom is -0.480 e. The van der Waals surface area contributed by atoms with E-state index in [4.69, 9.17) is 4.74 Å². The number of hydrogen-bond donors (Lipinski definition) is 2. The molecule has 224 valence electrons. The first-order valence-electron chi connectivity index (χ1n) is 13.2. The largest absolute Gasteiger partial charge is 0.480 e. The second kappa shape index (κ2) is 13.1. The Morgan fingerprint density at radius 2 is 1.74 bits per heavy atom. The molecule has 0 spiro atoms. The van der Waals surface area contributed by atoms with Crippen molar-refractivity contribution in [1.29, 1.82) is 0 Å². The molecule has 4 heterocycles. The van der Waals surface area contributed by atoms with Gasteiger partial charge in [0, 0.05) is 38.4 Å². The third kappa shape index (κ3) is 7.61. The lowest BCUT2D eigenvalue weighted by Gasteiger charge is -2.35. The average Bonchev–Trinajstić information content (AvgIpc) is 3.56. The Morgan fingerprint density at radius 3 is 2.42 bits per heavy atom. The van der Waals surface area contributed by atoms with E-state index in [1.165, 1.54) is 17.4 Å². The maximum absolute atomic E-state index is 13.2. The molecule has 0 radical (unpaired) electrons. The van der Waals surface area contributed by atoms with E-state index in [2.05, 4.69) is 25.3 Å². The Balaban J connectivity index is 1.30. The SMILES string of the molecule is O=C(NC(COCc1ccccc1)C(=O)O)c1cc(N2CCN(c3nccc(C(F)(F)F)n3)CC2)nc(-c2cccs2)n1. The Bertz CT molecular complexity index is 1550. The van der Waals surface area contributed by atoms with Gasteiger partial charge in [-0.2, -0.15) is 13.2 Å². The summed E-state index contributed by atoms with van der Waals surface area (Å²) in [5.41, 5.74) is -0.192. The molecular weight excluding hydrogens is 587 g/mol. The second-order valence-corrected chi connectivity index (χ2v) is 10.4. The normalized spacial score (nSPS) is 14.4. The standard InChI is InChI=1S/C28H26F3N7O4S/c29-28(30,31)22-8-9-32-27(35-22)38-12-10-37(11-13-38)23-15-19(33-24(36-23)21-7-4-14-43-21)25(39)34-20(26(40)41)17-42-16-18-5-2-1-3-6-18/h1-9,14-15,20H,10-13,16-17H2,(H,34,39)(H,40,41). The third-order valence-corrected chi connectivity index (χ3v) is 7.37. The van der Waals surface area contributed by atoms with E-state index in [0.29, 0.717) is 36.9 Å². The molecule has 1 aromatic carbocycles. The van der Waals surface area contributed by atoms with Crippen molar-refractivity contribution in [2.75, 3.05) is 42.6 Å². The molecule has 1 aliphatic heterocycles. The predicted molar refractivity (Wildman–Crippen MR) is 152 cm³/mol. The zero-order valence-corrected chi connectivity index (χ0v) is 23.4. The van der Waals surface area contributed by atoms with Gasteiger partial charge >= 0.3 is 12.1 Å². The number of amides is 1. The number of carbonyl (C=O) groups is 2. The highest BCUT2D eigenvalue weighted by molar-refractivity contribution is 7.13. The van der Waals surface area contributed by atoms with Gasteiger partial charge in [-0.25, -0.2) is 24.7 Å². The second-order valence-electron chi connectivity index (χ2n) is 9.49. The molecule has 2 N–H and O–H groups in total. The van der Waals surface area contributed by atoms with Gasteiger partial charge in [-0.3, -0.25) is 4.79 Å². The number of anilines is 2. The van der Waals surface area contributed by atoms with Crippen molar-refractivity contribution in [3.8, 4) is 10.7 Å². The smallest absolute Gasteiger partial charge is 0.433 e. The van der Waals surface area contributed by atoms with Crippen LogP contribution >= 0.6 is 11.3 Å². The summed E-state index contributed by atoms with van der Waals surface area (Å²) < 4.78 is 44.9. The van der Waals surface area contributed by atoms with Crippen molar-refractivity contribution >= 4 is 35.0 Å². The number of aromatic nitrogens is 4. The molecule has 0 saturated carbocycles. The lowest BCUT2D eigenvalue weighted by molar-refractivity contribution is -0.142. The van der Waals surface area contributed by atoms with E-state index < -0.39 is 29.8 Å². The summed E-state index contributed by atoms with van der Waals surface area (Å²) in [5.74, 6) is -1.30. The van der Waals surface area contributed by atoms with Crippen LogP contribution in [-0.2, 0) is 22.3 Å². The molecule has 0 bridgehead atoms. The minimum atomic E-state index is -4.58.